The number of hydrogen-bond donors (Lipinski definition) is 0. The van der Waals surface area contributed by atoms with Gasteiger partial charge in [0.1, 0.15) is 0 Å². The van der Waals surface area contributed by atoms with Crippen molar-refractivity contribution in [3.05, 3.63) is 73.1 Å². The summed E-state index contributed by atoms with van der Waals surface area (Å²) in [6.45, 7) is 0. The molecule has 4 aromatic rings. The molecule has 0 saturated carbocycles. The van der Waals surface area contributed by atoms with E-state index < -0.39 is 0 Å². The van der Waals surface area contributed by atoms with Gasteiger partial charge in [-0.2, -0.15) is 9.61 Å². The van der Waals surface area contributed by atoms with Crippen LogP contribution in [0.15, 0.2) is 73.1 Å². The Morgan fingerprint density at radius 2 is 1.38 bits per heavy atom. The van der Waals surface area contributed by atoms with E-state index >= 15 is 0 Å². The number of rotatable bonds is 2. The molecule has 100 valence electrons. The fourth-order valence-corrected chi connectivity index (χ4v) is 2.33. The summed E-state index contributed by atoms with van der Waals surface area (Å²) in [5.74, 6) is 0.607. The van der Waals surface area contributed by atoms with E-state index in [1.54, 1.807) is 16.9 Å². The Hall–Kier alpha value is -3.01. The first-order valence-corrected chi connectivity index (χ1v) is 6.73. The van der Waals surface area contributed by atoms with Gasteiger partial charge in [0, 0.05) is 11.1 Å². The van der Waals surface area contributed by atoms with Crippen molar-refractivity contribution in [2.24, 2.45) is 0 Å². The third kappa shape index (κ3) is 2.07. The molecule has 0 radical (unpaired) electrons. The van der Waals surface area contributed by atoms with Crippen LogP contribution in [0.1, 0.15) is 0 Å². The molecule has 0 N–H and O–H groups in total. The van der Waals surface area contributed by atoms with Gasteiger partial charge in [-0.25, -0.2) is 9.97 Å². The van der Waals surface area contributed by atoms with Gasteiger partial charge in [0.15, 0.2) is 0 Å². The Balaban J connectivity index is 1.85. The predicted molar refractivity (Wildman–Crippen MR) is 81.7 cm³/mol. The standard InChI is InChI=1S/C17H12N4/c1-3-7-13(8-4-1)15-11-19-21-16(12-18-17(21)20-15)14-9-5-2-6-10-14/h1-12H. The second-order valence-electron chi connectivity index (χ2n) is 4.73. The number of aromatic nitrogens is 4. The van der Waals surface area contributed by atoms with E-state index in [0.29, 0.717) is 5.78 Å². The van der Waals surface area contributed by atoms with E-state index in [-0.39, 0.29) is 0 Å². The molecule has 0 aliphatic heterocycles. The first-order valence-electron chi connectivity index (χ1n) is 6.73. The highest BCUT2D eigenvalue weighted by Crippen LogP contribution is 2.21. The van der Waals surface area contributed by atoms with Crippen molar-refractivity contribution in [3.8, 4) is 22.5 Å². The topological polar surface area (TPSA) is 43.1 Å². The van der Waals surface area contributed by atoms with Gasteiger partial charge in [0.05, 0.1) is 23.8 Å². The molecule has 2 aromatic carbocycles. The molecular formula is C17H12N4. The fourth-order valence-electron chi connectivity index (χ4n) is 2.33. The highest BCUT2D eigenvalue weighted by atomic mass is 15.3. The van der Waals surface area contributed by atoms with Gasteiger partial charge in [0.2, 0.25) is 0 Å². The summed E-state index contributed by atoms with van der Waals surface area (Å²) in [6.07, 6.45) is 3.58. The van der Waals surface area contributed by atoms with Crippen LogP contribution in [0.25, 0.3) is 28.3 Å². The van der Waals surface area contributed by atoms with Crippen molar-refractivity contribution in [3.63, 3.8) is 0 Å². The molecule has 4 heteroatoms. The second-order valence-corrected chi connectivity index (χ2v) is 4.73. The van der Waals surface area contributed by atoms with Crippen LogP contribution >= 0.6 is 0 Å². The lowest BCUT2D eigenvalue weighted by atomic mass is 10.2. The third-order valence-corrected chi connectivity index (χ3v) is 3.37. The fraction of sp³-hybridized carbons (Fsp3) is 0. The molecule has 21 heavy (non-hydrogen) atoms. The third-order valence-electron chi connectivity index (χ3n) is 3.37. The summed E-state index contributed by atoms with van der Waals surface area (Å²) in [5.41, 5.74) is 3.88. The van der Waals surface area contributed by atoms with E-state index in [1.807, 2.05) is 60.7 Å². The normalized spacial score (nSPS) is 10.9. The minimum absolute atomic E-state index is 0.607. The summed E-state index contributed by atoms with van der Waals surface area (Å²) in [4.78, 5) is 8.95. The number of benzene rings is 2. The Morgan fingerprint density at radius 3 is 2.10 bits per heavy atom. The van der Waals surface area contributed by atoms with Crippen molar-refractivity contribution in [1.82, 2.24) is 19.6 Å². The molecule has 0 unspecified atom stereocenters. The monoisotopic (exact) mass is 272 g/mol. The molecule has 0 aliphatic carbocycles. The van der Waals surface area contributed by atoms with Crippen LogP contribution < -0.4 is 0 Å². The zero-order chi connectivity index (χ0) is 14.1. The lowest BCUT2D eigenvalue weighted by Crippen LogP contribution is -1.98. The molecular weight excluding hydrogens is 260 g/mol. The molecule has 0 amide bonds. The lowest BCUT2D eigenvalue weighted by Gasteiger charge is -2.02. The van der Waals surface area contributed by atoms with Crippen LogP contribution in [0.4, 0.5) is 0 Å². The highest BCUT2D eigenvalue weighted by Gasteiger charge is 2.09. The molecule has 4 nitrogen and oxygen atoms in total. The van der Waals surface area contributed by atoms with Crippen LogP contribution in [0, 0.1) is 0 Å². The summed E-state index contributed by atoms with van der Waals surface area (Å²) in [7, 11) is 0. The first kappa shape index (κ1) is 11.8. The molecule has 0 bridgehead atoms. The van der Waals surface area contributed by atoms with Gasteiger partial charge in [0.25, 0.3) is 5.78 Å². The SMILES string of the molecule is c1ccc(-c2cnn3c(-c4ccccc4)cnc3n2)cc1. The van der Waals surface area contributed by atoms with Gasteiger partial charge >= 0.3 is 0 Å². The zero-order valence-corrected chi connectivity index (χ0v) is 11.2. The largest absolute Gasteiger partial charge is 0.251 e. The first-order chi connectivity index (χ1) is 10.4. The Labute approximate surface area is 121 Å². The maximum atomic E-state index is 4.58. The molecule has 0 spiro atoms. The van der Waals surface area contributed by atoms with Crippen molar-refractivity contribution in [2.75, 3.05) is 0 Å². The summed E-state index contributed by atoms with van der Waals surface area (Å²) in [6, 6.07) is 20.1. The smallest absolute Gasteiger partial charge is 0.217 e. The molecule has 0 atom stereocenters. The summed E-state index contributed by atoms with van der Waals surface area (Å²) in [5, 5.41) is 4.49. The van der Waals surface area contributed by atoms with E-state index in [4.69, 9.17) is 0 Å². The van der Waals surface area contributed by atoms with Gasteiger partial charge < -0.3 is 0 Å². The number of nitrogens with zero attached hydrogens (tertiary/aromatic N) is 4. The van der Waals surface area contributed by atoms with E-state index in [2.05, 4.69) is 15.1 Å². The Kier molecular flexibility index (Phi) is 2.71. The number of hydrogen-bond acceptors (Lipinski definition) is 3. The summed E-state index contributed by atoms with van der Waals surface area (Å²) >= 11 is 0. The predicted octanol–water partition coefficient (Wildman–Crippen LogP) is 3.46. The van der Waals surface area contributed by atoms with E-state index in [0.717, 1.165) is 22.5 Å². The van der Waals surface area contributed by atoms with E-state index in [1.165, 1.54) is 0 Å². The number of fused-ring (bicyclic) bond motifs is 1. The highest BCUT2D eigenvalue weighted by molar-refractivity contribution is 5.64. The maximum Gasteiger partial charge on any atom is 0.251 e. The molecule has 2 aromatic heterocycles. The van der Waals surface area contributed by atoms with Crippen LogP contribution in [0.3, 0.4) is 0 Å². The van der Waals surface area contributed by atoms with Gasteiger partial charge in [-0.05, 0) is 0 Å². The van der Waals surface area contributed by atoms with E-state index in [9.17, 15) is 0 Å². The second kappa shape index (κ2) is 4.83. The number of imidazole rings is 1. The van der Waals surface area contributed by atoms with Crippen molar-refractivity contribution in [2.45, 2.75) is 0 Å². The molecule has 0 aliphatic rings. The molecule has 2 heterocycles. The Bertz CT molecular complexity index is 882. The maximum absolute atomic E-state index is 4.58. The zero-order valence-electron chi connectivity index (χ0n) is 11.2. The van der Waals surface area contributed by atoms with Crippen LogP contribution in [-0.2, 0) is 0 Å². The van der Waals surface area contributed by atoms with Crippen molar-refractivity contribution >= 4 is 5.78 Å². The molecule has 0 fully saturated rings. The summed E-state index contributed by atoms with van der Waals surface area (Å²) < 4.78 is 1.77. The minimum atomic E-state index is 0.607. The van der Waals surface area contributed by atoms with Crippen molar-refractivity contribution < 1.29 is 0 Å². The Morgan fingerprint density at radius 1 is 0.714 bits per heavy atom. The average Bonchev–Trinajstić information content (AvgIpc) is 2.99. The molecule has 4 rings (SSSR count). The average molecular weight is 272 g/mol. The van der Waals surface area contributed by atoms with Gasteiger partial charge in [-0.1, -0.05) is 60.7 Å². The van der Waals surface area contributed by atoms with Crippen LogP contribution in [-0.4, -0.2) is 19.6 Å². The van der Waals surface area contributed by atoms with Crippen LogP contribution in [0.5, 0.6) is 0 Å². The quantitative estimate of drug-likeness (QED) is 0.561. The molecule has 0 saturated heterocycles. The van der Waals surface area contributed by atoms with Crippen LogP contribution in [0.2, 0.25) is 0 Å². The lowest BCUT2D eigenvalue weighted by molar-refractivity contribution is 0.912. The van der Waals surface area contributed by atoms with Crippen molar-refractivity contribution in [1.29, 1.82) is 0 Å². The minimum Gasteiger partial charge on any atom is -0.217 e. The van der Waals surface area contributed by atoms with Gasteiger partial charge in [-0.15, -0.1) is 0 Å². The van der Waals surface area contributed by atoms with Gasteiger partial charge in [-0.3, -0.25) is 0 Å².